The Balaban J connectivity index is 1.91. The van der Waals surface area contributed by atoms with Crippen LogP contribution in [0, 0.1) is 0 Å². The molecule has 0 bridgehead atoms. The van der Waals surface area contributed by atoms with Crippen molar-refractivity contribution in [1.29, 1.82) is 0 Å². The van der Waals surface area contributed by atoms with Crippen LogP contribution in [-0.2, 0) is 9.59 Å². The van der Waals surface area contributed by atoms with E-state index < -0.39 is 23.6 Å². The average Bonchev–Trinajstić information content (AvgIpc) is 2.72. The first-order valence-electron chi connectivity index (χ1n) is 6.59. The maximum absolute atomic E-state index is 11.5. The topological polar surface area (TPSA) is 108 Å². The van der Waals surface area contributed by atoms with Gasteiger partial charge in [-0.2, -0.15) is 0 Å². The van der Waals surface area contributed by atoms with Crippen molar-refractivity contribution >= 4 is 11.8 Å². The van der Waals surface area contributed by atoms with Gasteiger partial charge < -0.3 is 16.2 Å². The van der Waals surface area contributed by atoms with Gasteiger partial charge in [0.05, 0.1) is 6.10 Å². The molecule has 2 fully saturated rings. The molecule has 4 atom stereocenters. The fraction of sp³-hybridized carbons (Fsp3) is 0.833. The number of nitrogens with one attached hydrogen (secondary N) is 2. The predicted molar refractivity (Wildman–Crippen MR) is 69.2 cm³/mol. The zero-order valence-electron chi connectivity index (χ0n) is 11.3. The number of rotatable bonds is 5. The molecule has 2 rings (SSSR count). The molecule has 0 saturated carbocycles. The lowest BCUT2D eigenvalue weighted by atomic mass is 9.90. The average molecular weight is 270 g/mol. The van der Waals surface area contributed by atoms with E-state index in [0.717, 1.165) is 12.8 Å². The summed E-state index contributed by atoms with van der Waals surface area (Å²) in [5.41, 5.74) is 4.90. The maximum atomic E-state index is 11.5. The number of carbonyl (C=O) groups excluding carboxylic acids is 2. The smallest absolute Gasteiger partial charge is 0.242 e. The van der Waals surface area contributed by atoms with E-state index in [1.807, 2.05) is 0 Å². The van der Waals surface area contributed by atoms with Crippen LogP contribution >= 0.6 is 0 Å². The molecule has 108 valence electrons. The van der Waals surface area contributed by atoms with Gasteiger partial charge in [-0.1, -0.05) is 0 Å². The van der Waals surface area contributed by atoms with Crippen molar-refractivity contribution in [3.63, 3.8) is 0 Å². The number of hydrogen-bond acceptors (Lipinski definition) is 5. The van der Waals surface area contributed by atoms with Gasteiger partial charge in [-0.25, -0.2) is 0 Å². The van der Waals surface area contributed by atoms with Gasteiger partial charge in [0.2, 0.25) is 11.8 Å². The van der Waals surface area contributed by atoms with Gasteiger partial charge >= 0.3 is 0 Å². The molecule has 2 saturated heterocycles. The summed E-state index contributed by atoms with van der Waals surface area (Å²) in [6.07, 6.45) is 0.876. The van der Waals surface area contributed by atoms with Crippen LogP contribution in [0.4, 0.5) is 0 Å². The maximum Gasteiger partial charge on any atom is 0.242 e. The highest BCUT2D eigenvalue weighted by Gasteiger charge is 2.51. The summed E-state index contributed by atoms with van der Waals surface area (Å²) >= 11 is 0. The Morgan fingerprint density at radius 3 is 2.74 bits per heavy atom. The minimum atomic E-state index is -0.815. The number of nitrogens with two attached hydrogens (primary N) is 1. The first-order chi connectivity index (χ1) is 8.85. The molecule has 0 aromatic carbocycles. The molecule has 0 aromatic rings. The Morgan fingerprint density at radius 2 is 2.37 bits per heavy atom. The number of carbonyl (C=O) groups is 2. The molecular formula is C12H22N4O3. The fourth-order valence-electron chi connectivity index (χ4n) is 3.07. The fourth-order valence-corrected chi connectivity index (χ4v) is 3.07. The van der Waals surface area contributed by atoms with Crippen molar-refractivity contribution in [2.24, 2.45) is 5.73 Å². The Labute approximate surface area is 112 Å². The molecule has 5 N–H and O–H groups in total. The van der Waals surface area contributed by atoms with Crippen molar-refractivity contribution in [3.8, 4) is 0 Å². The van der Waals surface area contributed by atoms with E-state index in [9.17, 15) is 14.7 Å². The number of likely N-dealkylation sites (N-methyl/N-ethyl adjacent to an activating group) is 1. The van der Waals surface area contributed by atoms with E-state index in [1.165, 1.54) is 0 Å². The normalized spacial score (nSPS) is 33.1. The summed E-state index contributed by atoms with van der Waals surface area (Å²) < 4.78 is 0. The molecule has 19 heavy (non-hydrogen) atoms. The van der Waals surface area contributed by atoms with Crippen LogP contribution in [0.25, 0.3) is 0 Å². The predicted octanol–water partition coefficient (Wildman–Crippen LogP) is -2.23. The second-order valence-corrected chi connectivity index (χ2v) is 5.67. The van der Waals surface area contributed by atoms with Crippen molar-refractivity contribution < 1.29 is 14.7 Å². The zero-order chi connectivity index (χ0) is 14.2. The number of aliphatic hydroxyl groups is 1. The lowest BCUT2D eigenvalue weighted by molar-refractivity contribution is -0.134. The summed E-state index contributed by atoms with van der Waals surface area (Å²) in [7, 11) is 1.76. The molecule has 2 aliphatic heterocycles. The third kappa shape index (κ3) is 2.58. The number of amides is 2. The van der Waals surface area contributed by atoms with Crippen molar-refractivity contribution in [1.82, 2.24) is 15.5 Å². The third-order valence-electron chi connectivity index (χ3n) is 4.12. The van der Waals surface area contributed by atoms with E-state index in [0.29, 0.717) is 13.1 Å². The minimum Gasteiger partial charge on any atom is -0.391 e. The van der Waals surface area contributed by atoms with E-state index >= 15 is 0 Å². The van der Waals surface area contributed by atoms with Crippen LogP contribution in [0.2, 0.25) is 0 Å². The number of nitrogens with zero attached hydrogens (tertiary/aromatic N) is 1. The van der Waals surface area contributed by atoms with Crippen LogP contribution in [0.15, 0.2) is 0 Å². The van der Waals surface area contributed by atoms with Crippen LogP contribution < -0.4 is 16.4 Å². The molecule has 2 amide bonds. The Kier molecular flexibility index (Phi) is 3.80. The SMILES string of the molecule is CC(O)C(C(N)=O)N(C)CC1CCC2(CNC2=O)N1. The van der Waals surface area contributed by atoms with Gasteiger partial charge in [-0.3, -0.25) is 19.8 Å². The molecule has 0 aliphatic carbocycles. The number of hydrogen-bond donors (Lipinski definition) is 4. The van der Waals surface area contributed by atoms with Crippen molar-refractivity contribution in [2.75, 3.05) is 20.1 Å². The summed E-state index contributed by atoms with van der Waals surface area (Å²) in [5, 5.41) is 15.7. The van der Waals surface area contributed by atoms with Gasteiger partial charge in [0.25, 0.3) is 0 Å². The van der Waals surface area contributed by atoms with Crippen LogP contribution in [0.1, 0.15) is 19.8 Å². The molecule has 2 heterocycles. The minimum absolute atomic E-state index is 0.0552. The van der Waals surface area contributed by atoms with Gasteiger partial charge in [-0.05, 0) is 26.8 Å². The number of β-lactam (4-membered cyclic amide) rings is 1. The quantitative estimate of drug-likeness (QED) is 0.423. The molecule has 7 heteroatoms. The summed E-state index contributed by atoms with van der Waals surface area (Å²) in [6.45, 7) is 2.80. The van der Waals surface area contributed by atoms with E-state index in [4.69, 9.17) is 5.73 Å². The van der Waals surface area contributed by atoms with Crippen LogP contribution in [-0.4, -0.2) is 65.7 Å². The molecule has 4 unspecified atom stereocenters. The van der Waals surface area contributed by atoms with E-state index in [1.54, 1.807) is 18.9 Å². The first-order valence-corrected chi connectivity index (χ1v) is 6.59. The Bertz CT molecular complexity index is 387. The highest BCUT2D eigenvalue weighted by molar-refractivity contribution is 5.93. The number of aliphatic hydroxyl groups excluding tert-OH is 1. The lowest BCUT2D eigenvalue weighted by Gasteiger charge is -2.38. The second kappa shape index (κ2) is 5.07. The van der Waals surface area contributed by atoms with E-state index in [2.05, 4.69) is 10.6 Å². The molecular weight excluding hydrogens is 248 g/mol. The van der Waals surface area contributed by atoms with Gasteiger partial charge in [0.15, 0.2) is 0 Å². The molecule has 7 nitrogen and oxygen atoms in total. The molecule has 0 radical (unpaired) electrons. The van der Waals surface area contributed by atoms with E-state index in [-0.39, 0.29) is 11.9 Å². The first kappa shape index (κ1) is 14.2. The molecule has 1 spiro atoms. The van der Waals surface area contributed by atoms with Crippen LogP contribution in [0.3, 0.4) is 0 Å². The van der Waals surface area contributed by atoms with Gasteiger partial charge in [0.1, 0.15) is 11.6 Å². The zero-order valence-corrected chi connectivity index (χ0v) is 11.3. The largest absolute Gasteiger partial charge is 0.391 e. The summed E-state index contributed by atoms with van der Waals surface area (Å²) in [6, 6.07) is -0.565. The highest BCUT2D eigenvalue weighted by atomic mass is 16.3. The molecule has 0 aromatic heterocycles. The standard InChI is InChI=1S/C12H22N4O3/c1-7(17)9(10(13)18)16(2)5-8-3-4-12(15-8)6-14-11(12)19/h7-9,15,17H,3-6H2,1-2H3,(H2,13,18)(H,14,19). The Hall–Kier alpha value is -1.18. The third-order valence-corrected chi connectivity index (χ3v) is 4.12. The van der Waals surface area contributed by atoms with Gasteiger partial charge in [-0.15, -0.1) is 0 Å². The monoisotopic (exact) mass is 270 g/mol. The summed E-state index contributed by atoms with van der Waals surface area (Å²) in [4.78, 5) is 24.6. The molecule has 2 aliphatic rings. The lowest BCUT2D eigenvalue weighted by Crippen LogP contribution is -2.71. The highest BCUT2D eigenvalue weighted by Crippen LogP contribution is 2.28. The summed E-state index contributed by atoms with van der Waals surface area (Å²) in [5.74, 6) is -0.480. The second-order valence-electron chi connectivity index (χ2n) is 5.67. The van der Waals surface area contributed by atoms with Gasteiger partial charge in [0, 0.05) is 19.1 Å². The number of primary amides is 1. The van der Waals surface area contributed by atoms with Crippen LogP contribution in [0.5, 0.6) is 0 Å². The van der Waals surface area contributed by atoms with Crippen molar-refractivity contribution in [2.45, 2.75) is 43.5 Å². The van der Waals surface area contributed by atoms with Crippen molar-refractivity contribution in [3.05, 3.63) is 0 Å². The Morgan fingerprint density at radius 1 is 1.68 bits per heavy atom.